The lowest BCUT2D eigenvalue weighted by atomic mass is 10.1. The van der Waals surface area contributed by atoms with E-state index < -0.39 is 12.6 Å². The van der Waals surface area contributed by atoms with Crippen LogP contribution in [0.1, 0.15) is 22.8 Å². The van der Waals surface area contributed by atoms with Crippen LogP contribution in [0.4, 0.5) is 8.78 Å². The molecule has 18 heavy (non-hydrogen) atoms. The summed E-state index contributed by atoms with van der Waals surface area (Å²) in [4.78, 5) is 11.6. The zero-order valence-corrected chi connectivity index (χ0v) is 11.7. The van der Waals surface area contributed by atoms with Gasteiger partial charge in [0.05, 0.1) is 17.2 Å². The summed E-state index contributed by atoms with van der Waals surface area (Å²) in [7, 11) is 0. The Morgan fingerprint density at radius 1 is 1.50 bits per heavy atom. The highest BCUT2D eigenvalue weighted by Gasteiger charge is 2.18. The van der Waals surface area contributed by atoms with E-state index in [1.165, 1.54) is 6.07 Å². The third-order valence-corrected chi connectivity index (χ3v) is 3.04. The van der Waals surface area contributed by atoms with E-state index in [9.17, 15) is 13.6 Å². The third-order valence-electron chi connectivity index (χ3n) is 1.99. The van der Waals surface area contributed by atoms with Crippen LogP contribution in [0, 0.1) is 0 Å². The second kappa shape index (κ2) is 6.89. The fourth-order valence-corrected chi connectivity index (χ4v) is 2.14. The van der Waals surface area contributed by atoms with Gasteiger partial charge >= 0.3 is 12.6 Å². The van der Waals surface area contributed by atoms with Crippen LogP contribution in [0.5, 0.6) is 5.75 Å². The molecule has 1 aromatic rings. The molecule has 0 aliphatic rings. The second-order valence-electron chi connectivity index (χ2n) is 3.18. The molecule has 0 amide bonds. The van der Waals surface area contributed by atoms with Gasteiger partial charge in [0.2, 0.25) is 0 Å². The first-order valence-electron chi connectivity index (χ1n) is 4.99. The van der Waals surface area contributed by atoms with Crippen molar-refractivity contribution in [1.82, 2.24) is 0 Å². The maximum Gasteiger partial charge on any atom is 0.387 e. The minimum absolute atomic E-state index is 0.00566. The molecule has 0 spiro atoms. The molecule has 0 fully saturated rings. The monoisotopic (exact) mass is 342 g/mol. The Morgan fingerprint density at radius 2 is 2.17 bits per heavy atom. The third kappa shape index (κ3) is 3.81. The van der Waals surface area contributed by atoms with Gasteiger partial charge in [-0.2, -0.15) is 8.78 Å². The molecule has 1 aromatic carbocycles. The van der Waals surface area contributed by atoms with Gasteiger partial charge in [-0.1, -0.05) is 27.5 Å². The SMILES string of the molecule is CCOC(=O)c1cc(OC(F)F)cc(CBr)c1Cl. The number of carbonyl (C=O) groups excluding carboxylic acids is 1. The summed E-state index contributed by atoms with van der Waals surface area (Å²) in [5.41, 5.74) is 0.476. The molecule has 0 unspecified atom stereocenters. The summed E-state index contributed by atoms with van der Waals surface area (Å²) in [6, 6.07) is 2.48. The number of ether oxygens (including phenoxy) is 2. The molecule has 0 heterocycles. The van der Waals surface area contributed by atoms with E-state index >= 15 is 0 Å². The van der Waals surface area contributed by atoms with Gasteiger partial charge in [-0.15, -0.1) is 0 Å². The molecule has 0 N–H and O–H groups in total. The summed E-state index contributed by atoms with van der Waals surface area (Å²) in [5.74, 6) is -0.809. The highest BCUT2D eigenvalue weighted by Crippen LogP contribution is 2.30. The number of hydrogen-bond acceptors (Lipinski definition) is 3. The zero-order chi connectivity index (χ0) is 13.7. The maximum absolute atomic E-state index is 12.2. The standard InChI is InChI=1S/C11H10BrClF2O3/c1-2-17-10(16)8-4-7(18-11(14)15)3-6(5-12)9(8)13/h3-4,11H,2,5H2,1H3. The first kappa shape index (κ1) is 15.2. The number of benzene rings is 1. The predicted molar refractivity (Wildman–Crippen MR) is 66.7 cm³/mol. The Morgan fingerprint density at radius 3 is 2.67 bits per heavy atom. The number of esters is 1. The molecule has 0 saturated heterocycles. The van der Waals surface area contributed by atoms with Crippen molar-refractivity contribution < 1.29 is 23.0 Å². The summed E-state index contributed by atoms with van der Waals surface area (Å²) in [6.45, 7) is -1.17. The largest absolute Gasteiger partial charge is 0.462 e. The molecule has 3 nitrogen and oxygen atoms in total. The van der Waals surface area contributed by atoms with Crippen molar-refractivity contribution in [2.45, 2.75) is 18.9 Å². The highest BCUT2D eigenvalue weighted by molar-refractivity contribution is 9.08. The lowest BCUT2D eigenvalue weighted by Crippen LogP contribution is -2.09. The molecule has 0 bridgehead atoms. The Kier molecular flexibility index (Phi) is 5.81. The van der Waals surface area contributed by atoms with Gasteiger partial charge in [0, 0.05) is 5.33 Å². The van der Waals surface area contributed by atoms with E-state index in [4.69, 9.17) is 16.3 Å². The number of halogens is 4. The molecular weight excluding hydrogens is 333 g/mol. The minimum Gasteiger partial charge on any atom is -0.462 e. The molecule has 100 valence electrons. The van der Waals surface area contributed by atoms with E-state index in [1.807, 2.05) is 0 Å². The smallest absolute Gasteiger partial charge is 0.387 e. The quantitative estimate of drug-likeness (QED) is 0.598. The molecule has 0 aliphatic heterocycles. The number of carbonyl (C=O) groups is 1. The van der Waals surface area contributed by atoms with Gasteiger partial charge < -0.3 is 9.47 Å². The average Bonchev–Trinajstić information content (AvgIpc) is 2.30. The van der Waals surface area contributed by atoms with Crippen molar-refractivity contribution in [3.05, 3.63) is 28.3 Å². The van der Waals surface area contributed by atoms with Gasteiger partial charge in [0.15, 0.2) is 0 Å². The van der Waals surface area contributed by atoms with Crippen molar-refractivity contribution in [3.8, 4) is 5.75 Å². The van der Waals surface area contributed by atoms with Crippen molar-refractivity contribution in [2.24, 2.45) is 0 Å². The van der Waals surface area contributed by atoms with Crippen LogP contribution in [0.25, 0.3) is 0 Å². The Bertz CT molecular complexity index is 441. The fourth-order valence-electron chi connectivity index (χ4n) is 1.28. The van der Waals surface area contributed by atoms with E-state index in [2.05, 4.69) is 20.7 Å². The zero-order valence-electron chi connectivity index (χ0n) is 9.38. The molecule has 0 aliphatic carbocycles. The summed E-state index contributed by atoms with van der Waals surface area (Å²) in [6.07, 6.45) is 0. The predicted octanol–water partition coefficient (Wildman–Crippen LogP) is 4.01. The Balaban J connectivity index is 3.18. The summed E-state index contributed by atoms with van der Waals surface area (Å²) in [5, 5.41) is 0.463. The number of rotatable bonds is 5. The molecule has 1 rings (SSSR count). The van der Waals surface area contributed by atoms with Crippen LogP contribution in [-0.4, -0.2) is 19.2 Å². The van der Waals surface area contributed by atoms with Crippen LogP contribution in [0.15, 0.2) is 12.1 Å². The molecule has 0 atom stereocenters. The number of alkyl halides is 3. The lowest BCUT2D eigenvalue weighted by molar-refractivity contribution is -0.0499. The van der Waals surface area contributed by atoms with Crippen LogP contribution >= 0.6 is 27.5 Å². The van der Waals surface area contributed by atoms with E-state index in [-0.39, 0.29) is 22.9 Å². The van der Waals surface area contributed by atoms with Gasteiger partial charge in [0.25, 0.3) is 0 Å². The highest BCUT2D eigenvalue weighted by atomic mass is 79.9. The molecule has 0 saturated carbocycles. The topological polar surface area (TPSA) is 35.5 Å². The number of hydrogen-bond donors (Lipinski definition) is 0. The van der Waals surface area contributed by atoms with Crippen molar-refractivity contribution in [2.75, 3.05) is 6.61 Å². The first-order valence-corrected chi connectivity index (χ1v) is 6.49. The normalized spacial score (nSPS) is 10.6. The maximum atomic E-state index is 12.2. The summed E-state index contributed by atoms with van der Waals surface area (Å²) < 4.78 is 33.4. The average molecular weight is 344 g/mol. The van der Waals surface area contributed by atoms with Crippen molar-refractivity contribution in [1.29, 1.82) is 0 Å². The van der Waals surface area contributed by atoms with E-state index in [0.29, 0.717) is 10.9 Å². The van der Waals surface area contributed by atoms with Crippen molar-refractivity contribution >= 4 is 33.5 Å². The van der Waals surface area contributed by atoms with Gasteiger partial charge in [-0.25, -0.2) is 4.79 Å². The van der Waals surface area contributed by atoms with Crippen LogP contribution < -0.4 is 4.74 Å². The van der Waals surface area contributed by atoms with Gasteiger partial charge in [-0.05, 0) is 24.6 Å². The second-order valence-corrected chi connectivity index (χ2v) is 4.12. The van der Waals surface area contributed by atoms with Crippen molar-refractivity contribution in [3.63, 3.8) is 0 Å². The minimum atomic E-state index is -2.97. The van der Waals surface area contributed by atoms with Gasteiger partial charge in [0.1, 0.15) is 5.75 Å². The van der Waals surface area contributed by atoms with Crippen LogP contribution in [0.3, 0.4) is 0 Å². The molecular formula is C11H10BrClF2O3. The van der Waals surface area contributed by atoms with Gasteiger partial charge in [-0.3, -0.25) is 0 Å². The van der Waals surface area contributed by atoms with Crippen LogP contribution in [-0.2, 0) is 10.1 Å². The lowest BCUT2D eigenvalue weighted by Gasteiger charge is -2.11. The summed E-state index contributed by atoms with van der Waals surface area (Å²) >= 11 is 9.13. The Hall–Kier alpha value is -0.880. The molecule has 7 heteroatoms. The van der Waals surface area contributed by atoms with E-state index in [1.54, 1.807) is 6.92 Å². The first-order chi connectivity index (χ1) is 8.49. The molecule has 0 radical (unpaired) electrons. The van der Waals surface area contributed by atoms with Crippen LogP contribution in [0.2, 0.25) is 5.02 Å². The van der Waals surface area contributed by atoms with E-state index in [0.717, 1.165) is 6.07 Å². The molecule has 0 aromatic heterocycles. The Labute approximate surface area is 116 Å². The fraction of sp³-hybridized carbons (Fsp3) is 0.364.